The van der Waals surface area contributed by atoms with Crippen molar-refractivity contribution in [1.29, 1.82) is 0 Å². The Morgan fingerprint density at radius 3 is 2.19 bits per heavy atom. The molecule has 0 bridgehead atoms. The molecule has 0 saturated heterocycles. The fourth-order valence-electron chi connectivity index (χ4n) is 2.10. The second-order valence-corrected chi connectivity index (χ2v) is 9.76. The molecule has 0 spiro atoms. The van der Waals surface area contributed by atoms with Gasteiger partial charge in [-0.1, -0.05) is 51.9 Å². The molecule has 0 radical (unpaired) electrons. The van der Waals surface area contributed by atoms with Gasteiger partial charge in [-0.25, -0.2) is 13.1 Å². The summed E-state index contributed by atoms with van der Waals surface area (Å²) < 4.78 is 28.1. The lowest BCUT2D eigenvalue weighted by molar-refractivity contribution is 0.560. The van der Waals surface area contributed by atoms with Crippen molar-refractivity contribution in [2.24, 2.45) is 0 Å². The van der Waals surface area contributed by atoms with E-state index in [4.69, 9.17) is 0 Å². The van der Waals surface area contributed by atoms with E-state index in [1.54, 1.807) is 6.07 Å². The zero-order valence-corrected chi connectivity index (χ0v) is 16.2. The summed E-state index contributed by atoms with van der Waals surface area (Å²) in [5.41, 5.74) is 0.965. The summed E-state index contributed by atoms with van der Waals surface area (Å²) in [5.74, 6) is 0. The van der Waals surface area contributed by atoms with Crippen LogP contribution in [0.1, 0.15) is 63.9 Å². The lowest BCUT2D eigenvalue weighted by atomic mass is 10.1. The summed E-state index contributed by atoms with van der Waals surface area (Å²) in [4.78, 5) is 0. The Morgan fingerprint density at radius 2 is 1.67 bits per heavy atom. The molecule has 1 heterocycles. The summed E-state index contributed by atoms with van der Waals surface area (Å²) >= 11 is 4.63. The van der Waals surface area contributed by atoms with Crippen LogP contribution in [0.4, 0.5) is 0 Å². The summed E-state index contributed by atoms with van der Waals surface area (Å²) in [5, 5.41) is 0. The molecule has 1 rings (SSSR count). The monoisotopic (exact) mass is 395 g/mol. The van der Waals surface area contributed by atoms with Crippen molar-refractivity contribution in [3.63, 3.8) is 0 Å². The van der Waals surface area contributed by atoms with Gasteiger partial charge in [0.15, 0.2) is 0 Å². The van der Waals surface area contributed by atoms with Crippen LogP contribution >= 0.6 is 27.3 Å². The molecular weight excluding hydrogens is 370 g/mol. The highest BCUT2D eigenvalue weighted by molar-refractivity contribution is 9.11. The number of unbranched alkanes of at least 4 members (excludes halogenated alkanes) is 7. The second-order valence-electron chi connectivity index (χ2n) is 5.39. The molecule has 0 fully saturated rings. The van der Waals surface area contributed by atoms with Crippen molar-refractivity contribution in [2.75, 3.05) is 6.54 Å². The number of hydrogen-bond donors (Lipinski definition) is 1. The first-order valence-corrected chi connectivity index (χ1v) is 10.8. The molecular formula is C15H26BrNO2S2. The van der Waals surface area contributed by atoms with E-state index >= 15 is 0 Å². The molecule has 3 nitrogen and oxygen atoms in total. The summed E-state index contributed by atoms with van der Waals surface area (Å²) in [6.45, 7) is 4.66. The standard InChI is InChI=1S/C15H26BrNO2S2/c1-3-4-5-6-7-8-9-10-11-17-21(18,19)14-12-13(2)15(16)20-14/h12,17H,3-11H2,1-2H3. The first-order valence-electron chi connectivity index (χ1n) is 7.73. The lowest BCUT2D eigenvalue weighted by Gasteiger charge is -2.05. The van der Waals surface area contributed by atoms with Gasteiger partial charge in [0.1, 0.15) is 4.21 Å². The number of rotatable bonds is 11. The lowest BCUT2D eigenvalue weighted by Crippen LogP contribution is -2.23. The fraction of sp³-hybridized carbons (Fsp3) is 0.733. The van der Waals surface area contributed by atoms with E-state index in [1.807, 2.05) is 6.92 Å². The Labute approximate surface area is 141 Å². The molecule has 122 valence electrons. The maximum absolute atomic E-state index is 12.1. The van der Waals surface area contributed by atoms with Gasteiger partial charge in [-0.05, 0) is 40.9 Å². The van der Waals surface area contributed by atoms with Crippen LogP contribution < -0.4 is 4.72 Å². The van der Waals surface area contributed by atoms with E-state index in [0.717, 1.165) is 22.2 Å². The highest BCUT2D eigenvalue weighted by Crippen LogP contribution is 2.30. The molecule has 1 aromatic rings. The number of thiophene rings is 1. The normalized spacial score (nSPS) is 12.0. The van der Waals surface area contributed by atoms with Crippen molar-refractivity contribution >= 4 is 37.3 Å². The van der Waals surface area contributed by atoms with Crippen molar-refractivity contribution in [2.45, 2.75) is 69.4 Å². The third-order valence-electron chi connectivity index (χ3n) is 3.42. The molecule has 0 unspecified atom stereocenters. The van der Waals surface area contributed by atoms with E-state index in [2.05, 4.69) is 27.6 Å². The molecule has 0 amide bonds. The Hall–Kier alpha value is 0.0900. The molecule has 6 heteroatoms. The van der Waals surface area contributed by atoms with Gasteiger partial charge in [-0.3, -0.25) is 0 Å². The molecule has 0 aromatic carbocycles. The molecule has 0 aliphatic carbocycles. The topological polar surface area (TPSA) is 46.2 Å². The van der Waals surface area contributed by atoms with Gasteiger partial charge < -0.3 is 0 Å². The summed E-state index contributed by atoms with van der Waals surface area (Å²) in [6.07, 6.45) is 9.73. The third-order valence-corrected chi connectivity index (χ3v) is 7.49. The summed E-state index contributed by atoms with van der Waals surface area (Å²) in [7, 11) is -3.33. The van der Waals surface area contributed by atoms with Gasteiger partial charge in [-0.2, -0.15) is 0 Å². The predicted octanol–water partition coefficient (Wildman–Crippen LogP) is 5.24. The molecule has 0 aliphatic rings. The van der Waals surface area contributed by atoms with Crippen molar-refractivity contribution in [1.82, 2.24) is 4.72 Å². The molecule has 21 heavy (non-hydrogen) atoms. The minimum absolute atomic E-state index is 0.395. The second kappa shape index (κ2) is 9.98. The smallest absolute Gasteiger partial charge is 0.210 e. The van der Waals surface area contributed by atoms with Crippen LogP contribution in [-0.2, 0) is 10.0 Å². The number of sulfonamides is 1. The third kappa shape index (κ3) is 7.26. The van der Waals surface area contributed by atoms with E-state index in [-0.39, 0.29) is 0 Å². The van der Waals surface area contributed by atoms with Crippen molar-refractivity contribution in [3.8, 4) is 0 Å². The SMILES string of the molecule is CCCCCCCCCCNS(=O)(=O)c1cc(C)c(Br)s1. The zero-order chi connectivity index (χ0) is 15.7. The van der Waals surface area contributed by atoms with Crippen LogP contribution in [0.15, 0.2) is 14.1 Å². The largest absolute Gasteiger partial charge is 0.250 e. The van der Waals surface area contributed by atoms with Crippen molar-refractivity contribution < 1.29 is 8.42 Å². The van der Waals surface area contributed by atoms with Crippen LogP contribution in [0.5, 0.6) is 0 Å². The minimum atomic E-state index is -3.33. The molecule has 0 aliphatic heterocycles. The molecule has 1 aromatic heterocycles. The zero-order valence-electron chi connectivity index (χ0n) is 13.0. The number of halogens is 1. The van der Waals surface area contributed by atoms with Gasteiger partial charge in [0.25, 0.3) is 0 Å². The predicted molar refractivity (Wildman–Crippen MR) is 94.6 cm³/mol. The van der Waals surface area contributed by atoms with Crippen LogP contribution in [0.2, 0.25) is 0 Å². The van der Waals surface area contributed by atoms with Crippen LogP contribution in [-0.4, -0.2) is 15.0 Å². The fourth-order valence-corrected chi connectivity index (χ4v) is 5.44. The maximum Gasteiger partial charge on any atom is 0.250 e. The molecule has 1 N–H and O–H groups in total. The van der Waals surface area contributed by atoms with E-state index in [9.17, 15) is 8.42 Å². The first-order chi connectivity index (χ1) is 9.97. The minimum Gasteiger partial charge on any atom is -0.210 e. The Morgan fingerprint density at radius 1 is 1.10 bits per heavy atom. The van der Waals surface area contributed by atoms with Gasteiger partial charge in [0.05, 0.1) is 3.79 Å². The highest BCUT2D eigenvalue weighted by atomic mass is 79.9. The van der Waals surface area contributed by atoms with Crippen LogP contribution in [0, 0.1) is 6.92 Å². The maximum atomic E-state index is 12.1. The van der Waals surface area contributed by atoms with Gasteiger partial charge in [-0.15, -0.1) is 11.3 Å². The van der Waals surface area contributed by atoms with Gasteiger partial charge >= 0.3 is 0 Å². The number of nitrogens with one attached hydrogen (secondary N) is 1. The van der Waals surface area contributed by atoms with E-state index in [0.29, 0.717) is 10.8 Å². The van der Waals surface area contributed by atoms with Crippen molar-refractivity contribution in [3.05, 3.63) is 15.4 Å². The average molecular weight is 396 g/mol. The Balaban J connectivity index is 2.17. The van der Waals surface area contributed by atoms with E-state index < -0.39 is 10.0 Å². The first kappa shape index (κ1) is 19.1. The molecule has 0 saturated carbocycles. The molecule has 0 atom stereocenters. The van der Waals surface area contributed by atoms with Gasteiger partial charge in [0, 0.05) is 6.54 Å². The number of aryl methyl sites for hydroxylation is 1. The van der Waals surface area contributed by atoms with Crippen LogP contribution in [0.25, 0.3) is 0 Å². The summed E-state index contributed by atoms with van der Waals surface area (Å²) in [6, 6.07) is 1.71. The quantitative estimate of drug-likeness (QED) is 0.520. The Kier molecular flexibility index (Phi) is 9.09. The average Bonchev–Trinajstić information content (AvgIpc) is 2.78. The Bertz CT molecular complexity index is 492. The van der Waals surface area contributed by atoms with E-state index in [1.165, 1.54) is 49.9 Å². The number of hydrogen-bond acceptors (Lipinski definition) is 3. The van der Waals surface area contributed by atoms with Crippen LogP contribution in [0.3, 0.4) is 0 Å². The highest BCUT2D eigenvalue weighted by Gasteiger charge is 2.17. The van der Waals surface area contributed by atoms with Gasteiger partial charge in [0.2, 0.25) is 10.0 Å².